The maximum atomic E-state index is 12.1. The Balaban J connectivity index is 2.49. The Hall–Kier alpha value is -1.63. The third-order valence-electron chi connectivity index (χ3n) is 2.31. The summed E-state index contributed by atoms with van der Waals surface area (Å²) >= 11 is 1.15. The molecule has 0 saturated heterocycles. The van der Waals surface area contributed by atoms with Gasteiger partial charge in [-0.05, 0) is 18.5 Å². The van der Waals surface area contributed by atoms with E-state index in [0.717, 1.165) is 16.2 Å². The van der Waals surface area contributed by atoms with Crippen molar-refractivity contribution in [2.24, 2.45) is 0 Å². The summed E-state index contributed by atoms with van der Waals surface area (Å²) in [6.45, 7) is -1.03. The van der Waals surface area contributed by atoms with Crippen LogP contribution in [0.1, 0.15) is 5.56 Å². The van der Waals surface area contributed by atoms with E-state index in [1.54, 1.807) is 5.38 Å². The van der Waals surface area contributed by atoms with E-state index in [0.29, 0.717) is 10.6 Å². The molecule has 1 unspecified atom stereocenters. The lowest BCUT2D eigenvalue weighted by molar-refractivity contribution is -0.207. The van der Waals surface area contributed by atoms with Crippen LogP contribution >= 0.6 is 11.3 Å². The summed E-state index contributed by atoms with van der Waals surface area (Å²) in [6, 6.07) is 3.40. The van der Waals surface area contributed by atoms with Gasteiger partial charge in [-0.3, -0.25) is 9.69 Å². The van der Waals surface area contributed by atoms with E-state index in [2.05, 4.69) is 5.32 Å². The van der Waals surface area contributed by atoms with Crippen LogP contribution in [0.2, 0.25) is 0 Å². The first-order valence-electron chi connectivity index (χ1n) is 5.44. The number of halogens is 3. The van der Waals surface area contributed by atoms with Crippen LogP contribution in [-0.4, -0.2) is 48.3 Å². The highest BCUT2D eigenvalue weighted by Crippen LogP contribution is 2.22. The van der Waals surface area contributed by atoms with E-state index in [-0.39, 0.29) is 6.54 Å². The predicted octanol–water partition coefficient (Wildman–Crippen LogP) is 1.41. The van der Waals surface area contributed by atoms with Crippen molar-refractivity contribution >= 4 is 22.2 Å². The topological polar surface area (TPSA) is 76.4 Å². The van der Waals surface area contributed by atoms with E-state index < -0.39 is 24.7 Å². The summed E-state index contributed by atoms with van der Waals surface area (Å²) in [5, 5.41) is 22.0. The number of amides is 1. The molecule has 0 aliphatic rings. The number of aliphatic hydroxyl groups excluding tert-OH is 1. The minimum Gasteiger partial charge on any atom is -0.382 e. The van der Waals surface area contributed by atoms with Gasteiger partial charge >= 0.3 is 6.18 Å². The minimum absolute atomic E-state index is 0.293. The molecule has 2 N–H and O–H groups in total. The molecule has 0 radical (unpaired) electrons. The third-order valence-corrected chi connectivity index (χ3v) is 3.14. The molecule has 1 aromatic heterocycles. The first-order chi connectivity index (χ1) is 9.24. The average Bonchev–Trinajstić information content (AvgIpc) is 2.74. The predicted molar refractivity (Wildman–Crippen MR) is 67.2 cm³/mol. The van der Waals surface area contributed by atoms with Crippen molar-refractivity contribution < 1.29 is 23.1 Å². The first kappa shape index (κ1) is 16.4. The van der Waals surface area contributed by atoms with Gasteiger partial charge in [-0.25, -0.2) is 0 Å². The molecule has 0 bridgehead atoms. The van der Waals surface area contributed by atoms with Gasteiger partial charge in [0.1, 0.15) is 11.1 Å². The average molecular weight is 307 g/mol. The lowest BCUT2D eigenvalue weighted by Gasteiger charge is -2.21. The second kappa shape index (κ2) is 6.69. The quantitative estimate of drug-likeness (QED) is 0.862. The molecule has 110 valence electrons. The fourth-order valence-electron chi connectivity index (χ4n) is 1.37. The largest absolute Gasteiger partial charge is 0.415 e. The molecule has 1 amide bonds. The van der Waals surface area contributed by atoms with E-state index in [1.165, 1.54) is 13.1 Å². The number of aliphatic hydroxyl groups is 1. The molecule has 0 aliphatic carbocycles. The highest BCUT2D eigenvalue weighted by molar-refractivity contribution is 7.14. The molecule has 1 atom stereocenters. The summed E-state index contributed by atoms with van der Waals surface area (Å²) in [5.74, 6) is -0.555. The second-order valence-corrected chi connectivity index (χ2v) is 4.99. The van der Waals surface area contributed by atoms with E-state index >= 15 is 0 Å². The number of carbonyl (C=O) groups excluding carboxylic acids is 1. The smallest absolute Gasteiger partial charge is 0.382 e. The number of thiophene rings is 1. The number of nitriles is 1. The number of nitrogens with zero attached hydrogens (tertiary/aromatic N) is 2. The third kappa shape index (κ3) is 4.80. The molecule has 20 heavy (non-hydrogen) atoms. The molecule has 0 aliphatic heterocycles. The summed E-state index contributed by atoms with van der Waals surface area (Å²) < 4.78 is 36.4. The van der Waals surface area contributed by atoms with Crippen LogP contribution in [0.3, 0.4) is 0 Å². The van der Waals surface area contributed by atoms with Crippen molar-refractivity contribution in [3.8, 4) is 6.07 Å². The van der Waals surface area contributed by atoms with Gasteiger partial charge in [0.25, 0.3) is 0 Å². The van der Waals surface area contributed by atoms with Gasteiger partial charge in [-0.15, -0.1) is 11.3 Å². The van der Waals surface area contributed by atoms with Gasteiger partial charge in [0.05, 0.1) is 12.1 Å². The fraction of sp³-hybridized carbons (Fsp3) is 0.455. The Morgan fingerprint density at radius 3 is 2.85 bits per heavy atom. The number of hydrogen-bond donors (Lipinski definition) is 2. The summed E-state index contributed by atoms with van der Waals surface area (Å²) in [6.07, 6.45) is -7.22. The molecule has 0 aromatic carbocycles. The molecule has 0 saturated carbocycles. The molecule has 0 spiro atoms. The molecule has 1 aromatic rings. The van der Waals surface area contributed by atoms with Crippen LogP contribution in [0, 0.1) is 11.3 Å². The number of rotatable bonds is 5. The van der Waals surface area contributed by atoms with E-state index in [9.17, 15) is 18.0 Å². The number of anilines is 1. The maximum Gasteiger partial charge on any atom is 0.415 e. The van der Waals surface area contributed by atoms with Gasteiger partial charge in [-0.2, -0.15) is 18.4 Å². The normalized spacial score (nSPS) is 13.1. The zero-order chi connectivity index (χ0) is 15.3. The molecule has 1 rings (SSSR count). The van der Waals surface area contributed by atoms with Crippen LogP contribution in [0.25, 0.3) is 0 Å². The highest BCUT2D eigenvalue weighted by atomic mass is 32.1. The van der Waals surface area contributed by atoms with Gasteiger partial charge in [0.15, 0.2) is 6.10 Å². The van der Waals surface area contributed by atoms with Gasteiger partial charge < -0.3 is 10.4 Å². The summed E-state index contributed by atoms with van der Waals surface area (Å²) in [7, 11) is 1.29. The zero-order valence-electron chi connectivity index (χ0n) is 10.4. The standard InChI is InChI=1S/C11H12F3N3O2S/c1-17(5-8(18)11(12,13)14)6-9(19)16-10-7(4-15)2-3-20-10/h2-3,8,18H,5-6H2,1H3,(H,16,19). The Labute approximate surface area is 117 Å². The Bertz CT molecular complexity index is 510. The Kier molecular flexibility index (Phi) is 5.50. The van der Waals surface area contributed by atoms with Crippen molar-refractivity contribution in [3.05, 3.63) is 17.0 Å². The van der Waals surface area contributed by atoms with Crippen LogP contribution in [0.15, 0.2) is 11.4 Å². The Morgan fingerprint density at radius 2 is 2.30 bits per heavy atom. The van der Waals surface area contributed by atoms with Crippen molar-refractivity contribution in [1.29, 1.82) is 5.26 Å². The van der Waals surface area contributed by atoms with E-state index in [4.69, 9.17) is 10.4 Å². The lowest BCUT2D eigenvalue weighted by Crippen LogP contribution is -2.42. The second-order valence-electron chi connectivity index (χ2n) is 4.08. The highest BCUT2D eigenvalue weighted by Gasteiger charge is 2.38. The van der Waals surface area contributed by atoms with Crippen molar-refractivity contribution in [2.45, 2.75) is 12.3 Å². The number of likely N-dealkylation sites (N-methyl/N-ethyl adjacent to an activating group) is 1. The minimum atomic E-state index is -4.72. The molecule has 5 nitrogen and oxygen atoms in total. The van der Waals surface area contributed by atoms with E-state index in [1.807, 2.05) is 6.07 Å². The van der Waals surface area contributed by atoms with Crippen molar-refractivity contribution in [2.75, 3.05) is 25.5 Å². The van der Waals surface area contributed by atoms with Gasteiger partial charge in [0.2, 0.25) is 5.91 Å². The monoisotopic (exact) mass is 307 g/mol. The zero-order valence-corrected chi connectivity index (χ0v) is 11.3. The van der Waals surface area contributed by atoms with Crippen LogP contribution in [0.4, 0.5) is 18.2 Å². The number of hydrogen-bond acceptors (Lipinski definition) is 5. The van der Waals surface area contributed by atoms with Gasteiger partial charge in [-0.1, -0.05) is 0 Å². The number of carbonyl (C=O) groups is 1. The van der Waals surface area contributed by atoms with Crippen molar-refractivity contribution in [3.63, 3.8) is 0 Å². The molecule has 0 fully saturated rings. The summed E-state index contributed by atoms with van der Waals surface area (Å²) in [4.78, 5) is 12.7. The fourth-order valence-corrected chi connectivity index (χ4v) is 2.12. The lowest BCUT2D eigenvalue weighted by atomic mass is 10.3. The first-order valence-corrected chi connectivity index (χ1v) is 6.32. The molecular weight excluding hydrogens is 295 g/mol. The summed E-state index contributed by atoms with van der Waals surface area (Å²) in [5.41, 5.74) is 0.293. The Morgan fingerprint density at radius 1 is 1.65 bits per heavy atom. The number of alkyl halides is 3. The van der Waals surface area contributed by atoms with Gasteiger partial charge in [0, 0.05) is 6.54 Å². The molecule has 1 heterocycles. The van der Waals surface area contributed by atoms with Crippen molar-refractivity contribution in [1.82, 2.24) is 4.90 Å². The number of nitrogens with one attached hydrogen (secondary N) is 1. The maximum absolute atomic E-state index is 12.1. The van der Waals surface area contributed by atoms with Crippen LogP contribution in [0.5, 0.6) is 0 Å². The molecular formula is C11H12F3N3O2S. The van der Waals surface area contributed by atoms with Crippen LogP contribution < -0.4 is 5.32 Å². The van der Waals surface area contributed by atoms with Crippen LogP contribution in [-0.2, 0) is 4.79 Å². The SMILES string of the molecule is CN(CC(=O)Nc1sccc1C#N)CC(O)C(F)(F)F. The molecule has 9 heteroatoms.